The zero-order chi connectivity index (χ0) is 12.6. The van der Waals surface area contributed by atoms with Crippen molar-refractivity contribution in [2.45, 2.75) is 31.3 Å². The molecule has 1 saturated carbocycles. The summed E-state index contributed by atoms with van der Waals surface area (Å²) in [6, 6.07) is 1.84. The quantitative estimate of drug-likeness (QED) is 0.812. The molecule has 1 aliphatic carbocycles. The second-order valence-corrected chi connectivity index (χ2v) is 4.45. The minimum Gasteiger partial charge on any atom is -0.481 e. The Morgan fingerprint density at radius 1 is 1.59 bits per heavy atom. The van der Waals surface area contributed by atoms with Crippen LogP contribution in [0.4, 0.5) is 0 Å². The van der Waals surface area contributed by atoms with E-state index in [-0.39, 0.29) is 0 Å². The number of aliphatic hydroxyl groups excluding tert-OH is 1. The maximum absolute atomic E-state index is 10.9. The molecule has 5 nitrogen and oxygen atoms in total. The van der Waals surface area contributed by atoms with E-state index in [4.69, 9.17) is 9.84 Å². The predicted octanol–water partition coefficient (Wildman–Crippen LogP) is 0.876. The number of aromatic nitrogens is 1. The standard InChI is InChI=1S/C12H15NO4/c1-7-5-8(6-13-10(7)17-2)12(3-4-12)9(14)11(15)16/h5-6,9,14H,3-4H2,1-2H3,(H,15,16). The van der Waals surface area contributed by atoms with E-state index in [1.165, 1.54) is 7.11 Å². The van der Waals surface area contributed by atoms with Gasteiger partial charge < -0.3 is 14.9 Å². The maximum Gasteiger partial charge on any atom is 0.333 e. The Morgan fingerprint density at radius 3 is 2.65 bits per heavy atom. The number of carboxylic acid groups (broad SMARTS) is 1. The third-order valence-corrected chi connectivity index (χ3v) is 3.34. The van der Waals surface area contributed by atoms with Crippen molar-refractivity contribution in [2.24, 2.45) is 0 Å². The van der Waals surface area contributed by atoms with Gasteiger partial charge in [-0.15, -0.1) is 0 Å². The summed E-state index contributed by atoms with van der Waals surface area (Å²) in [5, 5.41) is 18.6. The molecule has 0 aromatic carbocycles. The van der Waals surface area contributed by atoms with Crippen molar-refractivity contribution in [1.82, 2.24) is 4.98 Å². The van der Waals surface area contributed by atoms with Gasteiger partial charge >= 0.3 is 5.97 Å². The van der Waals surface area contributed by atoms with Crippen molar-refractivity contribution < 1.29 is 19.7 Å². The van der Waals surface area contributed by atoms with Crippen LogP contribution in [0.25, 0.3) is 0 Å². The Kier molecular flexibility index (Phi) is 2.79. The molecular formula is C12H15NO4. The third-order valence-electron chi connectivity index (χ3n) is 3.34. The number of hydrogen-bond acceptors (Lipinski definition) is 4. The number of nitrogens with zero attached hydrogens (tertiary/aromatic N) is 1. The SMILES string of the molecule is COc1ncc(C2(C(O)C(=O)O)CC2)cc1C. The van der Waals surface area contributed by atoms with Crippen molar-refractivity contribution in [3.63, 3.8) is 0 Å². The van der Waals surface area contributed by atoms with Gasteiger partial charge in [-0.25, -0.2) is 9.78 Å². The van der Waals surface area contributed by atoms with E-state index in [1.54, 1.807) is 6.20 Å². The molecule has 0 spiro atoms. The fourth-order valence-corrected chi connectivity index (χ4v) is 2.14. The molecule has 17 heavy (non-hydrogen) atoms. The second-order valence-electron chi connectivity index (χ2n) is 4.45. The summed E-state index contributed by atoms with van der Waals surface area (Å²) in [6.07, 6.45) is 1.57. The highest BCUT2D eigenvalue weighted by Crippen LogP contribution is 2.51. The number of carbonyl (C=O) groups is 1. The monoisotopic (exact) mass is 237 g/mol. The van der Waals surface area contributed by atoms with E-state index in [9.17, 15) is 9.90 Å². The number of rotatable bonds is 4. The summed E-state index contributed by atoms with van der Waals surface area (Å²) < 4.78 is 5.05. The van der Waals surface area contributed by atoms with Gasteiger partial charge in [-0.05, 0) is 31.4 Å². The van der Waals surface area contributed by atoms with Crippen LogP contribution in [0.1, 0.15) is 24.0 Å². The molecule has 1 unspecified atom stereocenters. The van der Waals surface area contributed by atoms with Gasteiger partial charge in [0.15, 0.2) is 6.10 Å². The first kappa shape index (κ1) is 11.9. The Bertz CT molecular complexity index is 454. The number of methoxy groups -OCH3 is 1. The molecule has 1 fully saturated rings. The molecule has 1 heterocycles. The molecule has 1 aromatic rings. The number of hydrogen-bond donors (Lipinski definition) is 2. The molecule has 1 atom stereocenters. The van der Waals surface area contributed by atoms with Crippen LogP contribution in [-0.2, 0) is 10.2 Å². The molecule has 0 bridgehead atoms. The maximum atomic E-state index is 10.9. The largest absolute Gasteiger partial charge is 0.481 e. The van der Waals surface area contributed by atoms with Crippen molar-refractivity contribution in [3.8, 4) is 5.88 Å². The Hall–Kier alpha value is -1.62. The normalized spacial score (nSPS) is 18.5. The van der Waals surface area contributed by atoms with E-state index in [1.807, 2.05) is 13.0 Å². The van der Waals surface area contributed by atoms with E-state index in [0.29, 0.717) is 18.7 Å². The van der Waals surface area contributed by atoms with Crippen molar-refractivity contribution in [3.05, 3.63) is 23.4 Å². The van der Waals surface area contributed by atoms with Crippen molar-refractivity contribution in [1.29, 1.82) is 0 Å². The number of aliphatic hydroxyl groups is 1. The average Bonchev–Trinajstić information content (AvgIpc) is 3.09. The molecule has 0 saturated heterocycles. The fourth-order valence-electron chi connectivity index (χ4n) is 2.14. The number of pyridine rings is 1. The molecule has 92 valence electrons. The van der Waals surface area contributed by atoms with E-state index < -0.39 is 17.5 Å². The summed E-state index contributed by atoms with van der Waals surface area (Å²) in [6.45, 7) is 1.85. The fraction of sp³-hybridized carbons (Fsp3) is 0.500. The molecule has 0 amide bonds. The molecule has 2 rings (SSSR count). The van der Waals surface area contributed by atoms with Gasteiger partial charge in [-0.2, -0.15) is 0 Å². The van der Waals surface area contributed by atoms with Crippen molar-refractivity contribution >= 4 is 5.97 Å². The van der Waals surface area contributed by atoms with Crippen LogP contribution >= 0.6 is 0 Å². The summed E-state index contributed by atoms with van der Waals surface area (Å²) in [5.74, 6) is -0.662. The summed E-state index contributed by atoms with van der Waals surface area (Å²) in [4.78, 5) is 15.0. The minimum atomic E-state index is -1.36. The van der Waals surface area contributed by atoms with Crippen LogP contribution < -0.4 is 4.74 Å². The lowest BCUT2D eigenvalue weighted by Gasteiger charge is -2.19. The zero-order valence-electron chi connectivity index (χ0n) is 9.80. The van der Waals surface area contributed by atoms with Crippen LogP contribution in [-0.4, -0.2) is 34.4 Å². The lowest BCUT2D eigenvalue weighted by Crippen LogP contribution is -2.34. The minimum absolute atomic E-state index is 0.523. The van der Waals surface area contributed by atoms with Gasteiger partial charge in [0.1, 0.15) is 0 Å². The van der Waals surface area contributed by atoms with Gasteiger partial charge in [0, 0.05) is 17.2 Å². The highest BCUT2D eigenvalue weighted by atomic mass is 16.5. The van der Waals surface area contributed by atoms with Crippen LogP contribution in [0.5, 0.6) is 5.88 Å². The molecule has 1 aromatic heterocycles. The third kappa shape index (κ3) is 1.86. The average molecular weight is 237 g/mol. The Morgan fingerprint density at radius 2 is 2.24 bits per heavy atom. The highest BCUT2D eigenvalue weighted by molar-refractivity contribution is 5.75. The molecular weight excluding hydrogens is 222 g/mol. The van der Waals surface area contributed by atoms with Gasteiger partial charge in [0.25, 0.3) is 0 Å². The summed E-state index contributed by atoms with van der Waals surface area (Å²) >= 11 is 0. The number of ether oxygens (including phenoxy) is 1. The van der Waals surface area contributed by atoms with Crippen LogP contribution in [0.3, 0.4) is 0 Å². The molecule has 2 N–H and O–H groups in total. The first-order chi connectivity index (χ1) is 8.01. The topological polar surface area (TPSA) is 79.7 Å². The Balaban J connectivity index is 2.35. The predicted molar refractivity (Wildman–Crippen MR) is 60.1 cm³/mol. The summed E-state index contributed by atoms with van der Waals surface area (Å²) in [7, 11) is 1.54. The lowest BCUT2D eigenvalue weighted by atomic mass is 9.90. The van der Waals surface area contributed by atoms with Gasteiger partial charge in [0.2, 0.25) is 5.88 Å². The zero-order valence-corrected chi connectivity index (χ0v) is 9.80. The number of carboxylic acids is 1. The van der Waals surface area contributed by atoms with Crippen LogP contribution in [0.15, 0.2) is 12.3 Å². The molecule has 5 heteroatoms. The van der Waals surface area contributed by atoms with Gasteiger partial charge in [-0.3, -0.25) is 0 Å². The molecule has 1 aliphatic rings. The van der Waals surface area contributed by atoms with Crippen LogP contribution in [0, 0.1) is 6.92 Å². The number of aliphatic carboxylic acids is 1. The molecule has 0 aliphatic heterocycles. The Labute approximate surface area is 99.1 Å². The lowest BCUT2D eigenvalue weighted by molar-refractivity contribution is -0.148. The van der Waals surface area contributed by atoms with E-state index in [2.05, 4.69) is 4.98 Å². The van der Waals surface area contributed by atoms with E-state index in [0.717, 1.165) is 11.1 Å². The first-order valence-corrected chi connectivity index (χ1v) is 5.43. The number of aryl methyl sites for hydroxylation is 1. The summed E-state index contributed by atoms with van der Waals surface area (Å²) in [5.41, 5.74) is 0.954. The van der Waals surface area contributed by atoms with Gasteiger partial charge in [-0.1, -0.05) is 0 Å². The van der Waals surface area contributed by atoms with E-state index >= 15 is 0 Å². The smallest absolute Gasteiger partial charge is 0.333 e. The first-order valence-electron chi connectivity index (χ1n) is 5.43. The second kappa shape index (κ2) is 4.00. The highest BCUT2D eigenvalue weighted by Gasteiger charge is 2.53. The van der Waals surface area contributed by atoms with Crippen LogP contribution in [0.2, 0.25) is 0 Å². The van der Waals surface area contributed by atoms with Gasteiger partial charge in [0.05, 0.1) is 7.11 Å². The molecule has 0 radical (unpaired) electrons. The van der Waals surface area contributed by atoms with Crippen molar-refractivity contribution in [2.75, 3.05) is 7.11 Å².